The maximum Gasteiger partial charge on any atom is 0.253 e. The number of amides is 1. The van der Waals surface area contributed by atoms with Crippen molar-refractivity contribution in [2.24, 2.45) is 28.9 Å². The predicted molar refractivity (Wildman–Crippen MR) is 119 cm³/mol. The third-order valence-electron chi connectivity index (χ3n) is 7.74. The van der Waals surface area contributed by atoms with Crippen LogP contribution in [-0.4, -0.2) is 36.6 Å². The maximum atomic E-state index is 13.0. The lowest BCUT2D eigenvalue weighted by molar-refractivity contribution is -0.0503. The van der Waals surface area contributed by atoms with Crippen molar-refractivity contribution in [3.05, 3.63) is 22.8 Å². The van der Waals surface area contributed by atoms with Gasteiger partial charge in [-0.2, -0.15) is 0 Å². The van der Waals surface area contributed by atoms with Crippen LogP contribution in [0.3, 0.4) is 0 Å². The molecule has 4 bridgehead atoms. The first-order chi connectivity index (χ1) is 13.5. The van der Waals surface area contributed by atoms with Crippen LogP contribution < -0.4 is 16.0 Å². The highest BCUT2D eigenvalue weighted by Crippen LogP contribution is 2.59. The van der Waals surface area contributed by atoms with Gasteiger partial charge in [-0.05, 0) is 80.6 Å². The minimum atomic E-state index is -0.0573. The molecule has 1 aliphatic heterocycles. The summed E-state index contributed by atoms with van der Waals surface area (Å²) in [5.41, 5.74) is 6.88. The van der Waals surface area contributed by atoms with Gasteiger partial charge < -0.3 is 16.0 Å². The zero-order chi connectivity index (χ0) is 19.3. The highest BCUT2D eigenvalue weighted by atomic mass is 35.5. The van der Waals surface area contributed by atoms with Crippen LogP contribution in [0, 0.1) is 23.2 Å². The summed E-state index contributed by atoms with van der Waals surface area (Å²) in [5.74, 6) is 3.45. The molecule has 7 heteroatoms. The molecule has 5 fully saturated rings. The quantitative estimate of drug-likeness (QED) is 0.743. The number of aromatic nitrogens is 1. The fourth-order valence-electron chi connectivity index (χ4n) is 6.77. The number of pyridine rings is 1. The van der Waals surface area contributed by atoms with Crippen molar-refractivity contribution in [3.63, 3.8) is 0 Å². The lowest BCUT2D eigenvalue weighted by Crippen LogP contribution is -2.51. The molecule has 4 saturated carbocycles. The van der Waals surface area contributed by atoms with Crippen LogP contribution >= 0.6 is 24.0 Å². The van der Waals surface area contributed by atoms with Gasteiger partial charge >= 0.3 is 0 Å². The summed E-state index contributed by atoms with van der Waals surface area (Å²) in [6, 6.07) is 2.13. The number of hydrogen-bond donors (Lipinski definition) is 2. The summed E-state index contributed by atoms with van der Waals surface area (Å²) in [5, 5.41) is 3.68. The standard InChI is InChI=1S/C22H31ClN4O.ClH/c23-19-12-25-20(27-3-1-17(24)2-4-27)8-18(19)21(28)26-13-22-9-14-5-15(10-22)7-16(6-14)11-22;/h8,12,14-17H,1-7,9-11,13,24H2,(H,26,28);1H. The molecule has 0 radical (unpaired) electrons. The molecule has 1 aromatic heterocycles. The van der Waals surface area contributed by atoms with Gasteiger partial charge in [-0.25, -0.2) is 4.98 Å². The van der Waals surface area contributed by atoms with Gasteiger partial charge in [0.25, 0.3) is 5.91 Å². The van der Waals surface area contributed by atoms with Gasteiger partial charge in [0, 0.05) is 31.9 Å². The van der Waals surface area contributed by atoms with E-state index in [4.69, 9.17) is 17.3 Å². The lowest BCUT2D eigenvalue weighted by atomic mass is 9.49. The summed E-state index contributed by atoms with van der Waals surface area (Å²) >= 11 is 6.35. The molecule has 1 amide bonds. The smallest absolute Gasteiger partial charge is 0.253 e. The number of nitrogens with two attached hydrogens (primary N) is 1. The molecule has 4 aliphatic carbocycles. The van der Waals surface area contributed by atoms with E-state index in [1.807, 2.05) is 6.07 Å². The summed E-state index contributed by atoms with van der Waals surface area (Å²) in [7, 11) is 0. The number of anilines is 1. The molecule has 160 valence electrons. The zero-order valence-electron chi connectivity index (χ0n) is 16.9. The SMILES string of the molecule is Cl.NC1CCN(c2cc(C(=O)NCC34CC5CC(CC(C5)C3)C4)c(Cl)cn2)CC1. The number of carbonyl (C=O) groups excluding carboxylic acids is 1. The first kappa shape index (κ1) is 21.2. The summed E-state index contributed by atoms with van der Waals surface area (Å²) in [6.07, 6.45) is 11.7. The Hall–Kier alpha value is -1.04. The molecule has 1 saturated heterocycles. The summed E-state index contributed by atoms with van der Waals surface area (Å²) < 4.78 is 0. The molecule has 3 N–H and O–H groups in total. The van der Waals surface area contributed by atoms with E-state index in [1.165, 1.54) is 38.5 Å². The normalized spacial score (nSPS) is 33.4. The Kier molecular flexibility index (Phi) is 6.02. The van der Waals surface area contributed by atoms with Crippen molar-refractivity contribution < 1.29 is 4.79 Å². The molecule has 0 aromatic carbocycles. The zero-order valence-corrected chi connectivity index (χ0v) is 18.5. The van der Waals surface area contributed by atoms with Crippen LogP contribution in [0.5, 0.6) is 0 Å². The minimum absolute atomic E-state index is 0. The second kappa shape index (κ2) is 8.24. The van der Waals surface area contributed by atoms with Crippen LogP contribution in [0.4, 0.5) is 5.82 Å². The summed E-state index contributed by atoms with van der Waals surface area (Å²) in [4.78, 5) is 19.6. The molecule has 6 rings (SSSR count). The van der Waals surface area contributed by atoms with Crippen LogP contribution in [0.25, 0.3) is 0 Å². The highest BCUT2D eigenvalue weighted by Gasteiger charge is 2.50. The van der Waals surface area contributed by atoms with Crippen molar-refractivity contribution >= 4 is 35.7 Å². The van der Waals surface area contributed by atoms with Crippen LogP contribution in [-0.2, 0) is 0 Å². The molecular formula is C22H32Cl2N4O. The largest absolute Gasteiger partial charge is 0.356 e. The number of piperidine rings is 1. The molecule has 0 unspecified atom stereocenters. The monoisotopic (exact) mass is 438 g/mol. The Bertz CT molecular complexity index is 728. The third kappa shape index (κ3) is 4.24. The van der Waals surface area contributed by atoms with Crippen molar-refractivity contribution in [3.8, 4) is 0 Å². The number of hydrogen-bond acceptors (Lipinski definition) is 4. The van der Waals surface area contributed by atoms with Gasteiger partial charge in [-0.15, -0.1) is 12.4 Å². The van der Waals surface area contributed by atoms with Gasteiger partial charge in [-0.3, -0.25) is 4.79 Å². The first-order valence-corrected chi connectivity index (χ1v) is 11.3. The molecule has 5 aliphatic rings. The van der Waals surface area contributed by atoms with E-state index >= 15 is 0 Å². The molecule has 1 aromatic rings. The second-order valence-electron chi connectivity index (χ2n) is 9.95. The van der Waals surface area contributed by atoms with Crippen LogP contribution in [0.1, 0.15) is 61.7 Å². The molecule has 0 spiro atoms. The number of nitrogens with one attached hydrogen (secondary N) is 1. The van der Waals surface area contributed by atoms with E-state index in [0.29, 0.717) is 16.0 Å². The first-order valence-electron chi connectivity index (χ1n) is 10.9. The van der Waals surface area contributed by atoms with E-state index < -0.39 is 0 Å². The average molecular weight is 439 g/mol. The topological polar surface area (TPSA) is 71.2 Å². The predicted octanol–water partition coefficient (Wildman–Crippen LogP) is 4.03. The van der Waals surface area contributed by atoms with Crippen LogP contribution in [0.15, 0.2) is 12.3 Å². The molecule has 5 nitrogen and oxygen atoms in total. The maximum absolute atomic E-state index is 13.0. The Morgan fingerprint density at radius 3 is 2.34 bits per heavy atom. The van der Waals surface area contributed by atoms with Gasteiger partial charge in [0.2, 0.25) is 0 Å². The number of carbonyl (C=O) groups is 1. The molecular weight excluding hydrogens is 407 g/mol. The van der Waals surface area contributed by atoms with Crippen molar-refractivity contribution in [2.75, 3.05) is 24.5 Å². The summed E-state index contributed by atoms with van der Waals surface area (Å²) in [6.45, 7) is 2.55. The average Bonchev–Trinajstić information content (AvgIpc) is 2.66. The Morgan fingerprint density at radius 1 is 1.17 bits per heavy atom. The number of halogens is 2. The fourth-order valence-corrected chi connectivity index (χ4v) is 6.96. The molecule has 2 heterocycles. The third-order valence-corrected chi connectivity index (χ3v) is 8.04. The number of rotatable bonds is 4. The number of nitrogens with zero attached hydrogens (tertiary/aromatic N) is 2. The van der Waals surface area contributed by atoms with Crippen molar-refractivity contribution in [1.29, 1.82) is 0 Å². The van der Waals surface area contributed by atoms with E-state index in [1.54, 1.807) is 6.20 Å². The van der Waals surface area contributed by atoms with Gasteiger partial charge in [0.05, 0.1) is 10.6 Å². The lowest BCUT2D eigenvalue weighted by Gasteiger charge is -2.56. The Labute approximate surface area is 184 Å². The van der Waals surface area contributed by atoms with Gasteiger partial charge in [0.1, 0.15) is 5.82 Å². The van der Waals surface area contributed by atoms with E-state index in [2.05, 4.69) is 15.2 Å². The van der Waals surface area contributed by atoms with Crippen molar-refractivity contribution in [1.82, 2.24) is 10.3 Å². The fraction of sp³-hybridized carbons (Fsp3) is 0.727. The molecule has 0 atom stereocenters. The van der Waals surface area contributed by atoms with Gasteiger partial charge in [0.15, 0.2) is 0 Å². The molecule has 29 heavy (non-hydrogen) atoms. The Balaban J connectivity index is 0.00000205. The van der Waals surface area contributed by atoms with Crippen molar-refractivity contribution in [2.45, 2.75) is 57.4 Å². The Morgan fingerprint density at radius 2 is 1.76 bits per heavy atom. The van der Waals surface area contributed by atoms with Crippen LogP contribution in [0.2, 0.25) is 5.02 Å². The van der Waals surface area contributed by atoms with E-state index in [0.717, 1.165) is 56.0 Å². The van der Waals surface area contributed by atoms with Gasteiger partial charge in [-0.1, -0.05) is 11.6 Å². The van der Waals surface area contributed by atoms with E-state index in [9.17, 15) is 4.79 Å². The minimum Gasteiger partial charge on any atom is -0.356 e. The van der Waals surface area contributed by atoms with E-state index in [-0.39, 0.29) is 24.4 Å². The highest BCUT2D eigenvalue weighted by molar-refractivity contribution is 6.33. The second-order valence-corrected chi connectivity index (χ2v) is 10.4.